The number of aromatic nitrogens is 1. The Morgan fingerprint density at radius 2 is 0.708 bits per heavy atom. The van der Waals surface area contributed by atoms with Crippen molar-refractivity contribution in [3.05, 3.63) is 283 Å². The Morgan fingerprint density at radius 1 is 0.236 bits per heavy atom. The van der Waals surface area contributed by atoms with Gasteiger partial charge in [0, 0.05) is 16.5 Å². The summed E-state index contributed by atoms with van der Waals surface area (Å²) in [6, 6.07) is 97.9. The van der Waals surface area contributed by atoms with Gasteiger partial charge >= 0.3 is 0 Å². The number of hydrogen-bond acceptors (Lipinski definition) is 0. The minimum absolute atomic E-state index is 0.469. The smallest absolute Gasteiger partial charge is 0.0726 e. The van der Waals surface area contributed by atoms with E-state index in [0.29, 0.717) is 0 Å². The molecular formula is C71H43N. The predicted octanol–water partition coefficient (Wildman–Crippen LogP) is 18.7. The van der Waals surface area contributed by atoms with Crippen molar-refractivity contribution in [3.63, 3.8) is 0 Å². The summed E-state index contributed by atoms with van der Waals surface area (Å²) in [6.45, 7) is 0. The van der Waals surface area contributed by atoms with Crippen LogP contribution >= 0.6 is 0 Å². The van der Waals surface area contributed by atoms with Gasteiger partial charge in [-0.3, -0.25) is 0 Å². The molecule has 0 N–H and O–H groups in total. The molecule has 0 saturated heterocycles. The third-order valence-electron chi connectivity index (χ3n) is 16.4. The fourth-order valence-electron chi connectivity index (χ4n) is 13.5. The molecule has 0 bridgehead atoms. The van der Waals surface area contributed by atoms with E-state index in [9.17, 15) is 0 Å². The minimum atomic E-state index is -0.469. The highest BCUT2D eigenvalue weighted by Crippen LogP contribution is 2.65. The van der Waals surface area contributed by atoms with Crippen molar-refractivity contribution in [3.8, 4) is 61.3 Å². The van der Waals surface area contributed by atoms with E-state index in [1.54, 1.807) is 0 Å². The number of fused-ring (bicyclic) bond motifs is 18. The van der Waals surface area contributed by atoms with Gasteiger partial charge in [-0.05, 0) is 170 Å². The van der Waals surface area contributed by atoms with E-state index >= 15 is 0 Å². The number of para-hydroxylation sites is 2. The lowest BCUT2D eigenvalue weighted by atomic mass is 9.69. The van der Waals surface area contributed by atoms with E-state index in [1.165, 1.54) is 148 Å². The van der Waals surface area contributed by atoms with Crippen molar-refractivity contribution < 1.29 is 0 Å². The first-order valence-corrected chi connectivity index (χ1v) is 25.2. The van der Waals surface area contributed by atoms with E-state index in [4.69, 9.17) is 0 Å². The molecule has 0 fully saturated rings. The summed E-state index contributed by atoms with van der Waals surface area (Å²) in [5.74, 6) is 0. The van der Waals surface area contributed by atoms with Crippen LogP contribution in [-0.4, -0.2) is 4.57 Å². The van der Waals surface area contributed by atoms with E-state index in [0.717, 1.165) is 0 Å². The zero-order valence-electron chi connectivity index (χ0n) is 39.3. The summed E-state index contributed by atoms with van der Waals surface area (Å²) in [4.78, 5) is 0. The van der Waals surface area contributed by atoms with Crippen molar-refractivity contribution in [2.45, 2.75) is 5.41 Å². The van der Waals surface area contributed by atoms with Crippen LogP contribution < -0.4 is 0 Å². The van der Waals surface area contributed by atoms with E-state index < -0.39 is 5.41 Å². The summed E-state index contributed by atoms with van der Waals surface area (Å²) < 4.78 is 2.40. The quantitative estimate of drug-likeness (QED) is 0.155. The average Bonchev–Trinajstić information content (AvgIpc) is 4.05. The van der Waals surface area contributed by atoms with Crippen LogP contribution in [0.25, 0.3) is 126 Å². The first-order chi connectivity index (χ1) is 35.7. The molecule has 0 atom stereocenters. The zero-order valence-corrected chi connectivity index (χ0v) is 39.3. The number of rotatable bonds is 4. The second-order valence-electron chi connectivity index (χ2n) is 19.8. The molecule has 2 aliphatic carbocycles. The lowest BCUT2D eigenvalue weighted by Crippen LogP contribution is -2.26. The molecule has 2 aliphatic rings. The van der Waals surface area contributed by atoms with Gasteiger partial charge in [0.15, 0.2) is 0 Å². The first-order valence-electron chi connectivity index (χ1n) is 25.2. The summed E-state index contributed by atoms with van der Waals surface area (Å²) in [5, 5.41) is 12.6. The van der Waals surface area contributed by atoms with Gasteiger partial charge in [-0.2, -0.15) is 0 Å². The predicted molar refractivity (Wildman–Crippen MR) is 303 cm³/mol. The van der Waals surface area contributed by atoms with Gasteiger partial charge in [0.2, 0.25) is 0 Å². The number of benzene rings is 13. The second-order valence-corrected chi connectivity index (χ2v) is 19.8. The molecule has 14 aromatic rings. The van der Waals surface area contributed by atoms with Crippen molar-refractivity contribution >= 4 is 64.9 Å². The molecule has 0 radical (unpaired) electrons. The van der Waals surface area contributed by atoms with Crippen molar-refractivity contribution in [2.24, 2.45) is 0 Å². The Morgan fingerprint density at radius 3 is 1.36 bits per heavy atom. The summed E-state index contributed by atoms with van der Waals surface area (Å²) >= 11 is 0. The Balaban J connectivity index is 0.895. The highest BCUT2D eigenvalue weighted by atomic mass is 15.0. The molecule has 332 valence electrons. The van der Waals surface area contributed by atoms with Crippen molar-refractivity contribution in [2.75, 3.05) is 0 Å². The Kier molecular flexibility index (Phi) is 8.16. The molecule has 1 nitrogen and oxygen atoms in total. The summed E-state index contributed by atoms with van der Waals surface area (Å²) in [6.07, 6.45) is 0. The normalized spacial score (nSPS) is 13.1. The van der Waals surface area contributed by atoms with Crippen LogP contribution in [0.1, 0.15) is 22.3 Å². The molecular weight excluding hydrogens is 867 g/mol. The molecule has 1 heterocycles. The lowest BCUT2D eigenvalue weighted by Gasteiger charge is -2.31. The van der Waals surface area contributed by atoms with Crippen LogP contribution in [0.15, 0.2) is 261 Å². The highest BCUT2D eigenvalue weighted by molar-refractivity contribution is 6.23. The van der Waals surface area contributed by atoms with Crippen LogP contribution in [0.2, 0.25) is 0 Å². The monoisotopic (exact) mass is 909 g/mol. The minimum Gasteiger partial charge on any atom is -0.309 e. The van der Waals surface area contributed by atoms with Gasteiger partial charge in [-0.25, -0.2) is 0 Å². The molecule has 72 heavy (non-hydrogen) atoms. The van der Waals surface area contributed by atoms with Crippen molar-refractivity contribution in [1.29, 1.82) is 0 Å². The maximum absolute atomic E-state index is 2.56. The van der Waals surface area contributed by atoms with Crippen LogP contribution in [0, 0.1) is 0 Å². The fourth-order valence-corrected chi connectivity index (χ4v) is 13.5. The highest BCUT2D eigenvalue weighted by Gasteiger charge is 2.52. The van der Waals surface area contributed by atoms with Crippen LogP contribution in [0.3, 0.4) is 0 Å². The van der Waals surface area contributed by atoms with E-state index in [-0.39, 0.29) is 0 Å². The number of hydrogen-bond donors (Lipinski definition) is 0. The molecule has 1 heteroatoms. The third kappa shape index (κ3) is 5.27. The fraction of sp³-hybridized carbons (Fsp3) is 0.0141. The van der Waals surface area contributed by atoms with Gasteiger partial charge in [-0.15, -0.1) is 0 Å². The molecule has 0 unspecified atom stereocenters. The topological polar surface area (TPSA) is 4.93 Å². The SMILES string of the molecule is c1ccc(-n2c3ccccc3c3cc(-c4c5ccccc5c(-c5ccc(-c6cc7c(c8ccccc68)-c6cc8ccccc8cc6C76c7ccccc7-c7ccccc76)cc5)c5ccccc45)ccc32)cc1. The molecule has 0 aliphatic heterocycles. The molecule has 0 amide bonds. The maximum atomic E-state index is 2.56. The van der Waals surface area contributed by atoms with E-state index in [2.05, 4.69) is 265 Å². The molecule has 1 aromatic heterocycles. The summed E-state index contributed by atoms with van der Waals surface area (Å²) in [5.41, 5.74) is 21.3. The average molecular weight is 910 g/mol. The largest absolute Gasteiger partial charge is 0.309 e. The lowest BCUT2D eigenvalue weighted by molar-refractivity contribution is 0.796. The Hall–Kier alpha value is -9.30. The van der Waals surface area contributed by atoms with Crippen LogP contribution in [0.5, 0.6) is 0 Å². The molecule has 13 aromatic carbocycles. The van der Waals surface area contributed by atoms with Gasteiger partial charge in [0.05, 0.1) is 16.4 Å². The second kappa shape index (κ2) is 14.9. The van der Waals surface area contributed by atoms with Gasteiger partial charge in [0.1, 0.15) is 0 Å². The Labute approximate surface area is 417 Å². The maximum Gasteiger partial charge on any atom is 0.0726 e. The number of nitrogens with zero attached hydrogens (tertiary/aromatic N) is 1. The third-order valence-corrected chi connectivity index (χ3v) is 16.4. The van der Waals surface area contributed by atoms with Crippen LogP contribution in [-0.2, 0) is 5.41 Å². The molecule has 1 spiro atoms. The first kappa shape index (κ1) is 39.5. The van der Waals surface area contributed by atoms with Gasteiger partial charge in [-0.1, -0.05) is 212 Å². The summed E-state index contributed by atoms with van der Waals surface area (Å²) in [7, 11) is 0. The molecule has 16 rings (SSSR count). The Bertz CT molecular complexity index is 4510. The zero-order chi connectivity index (χ0) is 47.1. The van der Waals surface area contributed by atoms with Crippen molar-refractivity contribution in [1.82, 2.24) is 4.57 Å². The standard InChI is InChI=1S/C71H43N/c1-2-20-49(21-3-1)72-66-33-17-14-25-53(66)60-41-48(38-39-67(60)72)69-57-29-10-8-27-55(57)68(56-28-9-11-30-58(56)69)45-36-34-44(35-37-45)59-43-65-70(54-26-7-6-22-50(54)59)61-40-46-18-4-5-19-47(46)42-64(61)71(65)62-31-15-12-23-51(62)52-24-13-16-32-63(52)71/h1-43H. The van der Waals surface area contributed by atoms with Gasteiger partial charge in [0.25, 0.3) is 0 Å². The van der Waals surface area contributed by atoms with Crippen LogP contribution in [0.4, 0.5) is 0 Å². The molecule has 0 saturated carbocycles. The van der Waals surface area contributed by atoms with E-state index in [1.807, 2.05) is 0 Å². The van der Waals surface area contributed by atoms with Gasteiger partial charge < -0.3 is 4.57 Å².